The van der Waals surface area contributed by atoms with Gasteiger partial charge in [-0.05, 0) is 6.92 Å². The maximum absolute atomic E-state index is 5.52. The molecule has 0 aromatic carbocycles. The highest BCUT2D eigenvalue weighted by atomic mass is 16.5. The van der Waals surface area contributed by atoms with Gasteiger partial charge in [-0.3, -0.25) is 0 Å². The molecule has 0 aromatic heterocycles. The average Bonchev–Trinajstić information content (AvgIpc) is 2.13. The molecule has 1 N–H and O–H groups in total. The van der Waals surface area contributed by atoms with E-state index in [-0.39, 0.29) is 0 Å². The van der Waals surface area contributed by atoms with Crippen LogP contribution in [0, 0.1) is 13.0 Å². The Hall–Kier alpha value is -0.0800. The lowest BCUT2D eigenvalue weighted by molar-refractivity contribution is -0.842. The third-order valence-corrected chi connectivity index (χ3v) is 2.12. The van der Waals surface area contributed by atoms with E-state index in [2.05, 4.69) is 14.0 Å². The van der Waals surface area contributed by atoms with E-state index >= 15 is 0 Å². The van der Waals surface area contributed by atoms with Crippen LogP contribution in [-0.2, 0) is 4.74 Å². The van der Waals surface area contributed by atoms with E-state index in [4.69, 9.17) is 4.74 Å². The van der Waals surface area contributed by atoms with E-state index in [9.17, 15) is 0 Å². The smallest absolute Gasteiger partial charge is 0.112 e. The van der Waals surface area contributed by atoms with Gasteiger partial charge < -0.3 is 9.64 Å². The lowest BCUT2D eigenvalue weighted by Gasteiger charge is -2.12. The first kappa shape index (κ1) is 8.02. The van der Waals surface area contributed by atoms with Gasteiger partial charge in [0.25, 0.3) is 0 Å². The molecule has 2 heteroatoms. The highest BCUT2D eigenvalue weighted by Crippen LogP contribution is 2.07. The molecular weight excluding hydrogens is 126 g/mol. The number of nitrogens with one attached hydrogen (secondary N) is 1. The molecule has 0 aromatic rings. The fourth-order valence-electron chi connectivity index (χ4n) is 1.59. The predicted molar refractivity (Wildman–Crippen MR) is 40.6 cm³/mol. The van der Waals surface area contributed by atoms with E-state index in [1.54, 1.807) is 0 Å². The second-order valence-corrected chi connectivity index (χ2v) is 3.13. The summed E-state index contributed by atoms with van der Waals surface area (Å²) in [5, 5.41) is 0. The molecular formula is C8H17NO. The van der Waals surface area contributed by atoms with Gasteiger partial charge >= 0.3 is 0 Å². The van der Waals surface area contributed by atoms with Crippen LogP contribution >= 0.6 is 0 Å². The first-order chi connectivity index (χ1) is 4.74. The summed E-state index contributed by atoms with van der Waals surface area (Å²) in [4.78, 5) is 1.35. The van der Waals surface area contributed by atoms with Gasteiger partial charge in [0.15, 0.2) is 0 Å². The van der Waals surface area contributed by atoms with Gasteiger partial charge in [-0.2, -0.15) is 7.05 Å². The van der Waals surface area contributed by atoms with Crippen LogP contribution in [0.1, 0.15) is 13.8 Å². The minimum Gasteiger partial charge on any atom is -0.465 e. The summed E-state index contributed by atoms with van der Waals surface area (Å²) in [6.07, 6.45) is 0.456. The van der Waals surface area contributed by atoms with E-state index in [1.807, 2.05) is 6.92 Å². The number of rotatable bonds is 2. The first-order valence-corrected chi connectivity index (χ1v) is 4.02. The summed E-state index contributed by atoms with van der Waals surface area (Å²) < 4.78 is 5.52. The summed E-state index contributed by atoms with van der Waals surface area (Å²) >= 11 is 0. The molecule has 1 aliphatic rings. The third kappa shape index (κ3) is 1.70. The second-order valence-electron chi connectivity index (χ2n) is 3.13. The minimum atomic E-state index is 0.456. The molecule has 60 valence electrons. The van der Waals surface area contributed by atoms with Crippen LogP contribution < -0.4 is 4.90 Å². The Bertz CT molecular complexity index is 105. The summed E-state index contributed by atoms with van der Waals surface area (Å²) in [6, 6.07) is 0. The normalized spacial score (nSPS) is 40.5. The molecule has 2 nitrogen and oxygen atoms in total. The molecule has 0 spiro atoms. The van der Waals surface area contributed by atoms with Crippen molar-refractivity contribution in [3.05, 3.63) is 7.05 Å². The zero-order valence-corrected chi connectivity index (χ0v) is 6.89. The standard InChI is InChI=1S/C8H17NO/c1-4-10-8-6-9(3)5-7(8)2/h7-9H,3-6H2,1-2H3/t7-,8+/m1/s1. The molecule has 0 amide bonds. The van der Waals surface area contributed by atoms with Crippen molar-refractivity contribution in [3.63, 3.8) is 0 Å². The van der Waals surface area contributed by atoms with Crippen LogP contribution in [0.2, 0.25) is 0 Å². The topological polar surface area (TPSA) is 13.7 Å². The molecule has 3 atom stereocenters. The molecule has 1 saturated heterocycles. The van der Waals surface area contributed by atoms with Gasteiger partial charge in [0.1, 0.15) is 6.10 Å². The Morgan fingerprint density at radius 1 is 1.60 bits per heavy atom. The number of ether oxygens (including phenoxy) is 1. The van der Waals surface area contributed by atoms with Crippen LogP contribution in [-0.4, -0.2) is 25.8 Å². The van der Waals surface area contributed by atoms with Crippen LogP contribution in [0.5, 0.6) is 0 Å². The van der Waals surface area contributed by atoms with Gasteiger partial charge in [0, 0.05) is 12.5 Å². The molecule has 10 heavy (non-hydrogen) atoms. The monoisotopic (exact) mass is 143 g/mol. The quantitative estimate of drug-likeness (QED) is 0.525. The summed E-state index contributed by atoms with van der Waals surface area (Å²) in [6.45, 7) is 7.36. The van der Waals surface area contributed by atoms with Crippen LogP contribution in [0.25, 0.3) is 0 Å². The average molecular weight is 143 g/mol. The van der Waals surface area contributed by atoms with Gasteiger partial charge in [-0.1, -0.05) is 6.92 Å². The lowest BCUT2D eigenvalue weighted by atomic mass is 10.1. The lowest BCUT2D eigenvalue weighted by Crippen LogP contribution is -3.05. The summed E-state index contributed by atoms with van der Waals surface area (Å²) in [5.74, 6) is 0.687. The maximum Gasteiger partial charge on any atom is 0.112 e. The van der Waals surface area contributed by atoms with Crippen LogP contribution in [0.3, 0.4) is 0 Å². The zero-order chi connectivity index (χ0) is 7.56. The van der Waals surface area contributed by atoms with E-state index < -0.39 is 0 Å². The van der Waals surface area contributed by atoms with Crippen LogP contribution in [0.4, 0.5) is 0 Å². The molecule has 1 aliphatic heterocycles. The molecule has 0 bridgehead atoms. The summed E-state index contributed by atoms with van der Waals surface area (Å²) in [7, 11) is 3.96. The SMILES string of the molecule is [CH2-][NH+]1C[C@@H](C)[C@@H](OCC)C1. The highest BCUT2D eigenvalue weighted by molar-refractivity contribution is 4.69. The number of likely N-dealkylation sites (tertiary alicyclic amines) is 1. The molecule has 1 rings (SSSR count). The van der Waals surface area contributed by atoms with E-state index in [0.29, 0.717) is 12.0 Å². The highest BCUT2D eigenvalue weighted by Gasteiger charge is 2.28. The summed E-state index contributed by atoms with van der Waals surface area (Å²) in [5.41, 5.74) is 0. The zero-order valence-electron chi connectivity index (χ0n) is 6.89. The predicted octanol–water partition coefficient (Wildman–Crippen LogP) is -0.282. The minimum absolute atomic E-state index is 0.456. The van der Waals surface area contributed by atoms with E-state index in [1.165, 1.54) is 4.90 Å². The van der Waals surface area contributed by atoms with Crippen molar-refractivity contribution in [1.82, 2.24) is 0 Å². The molecule has 0 radical (unpaired) electrons. The van der Waals surface area contributed by atoms with Crippen molar-refractivity contribution in [3.8, 4) is 0 Å². The maximum atomic E-state index is 5.52. The van der Waals surface area contributed by atoms with Crippen molar-refractivity contribution < 1.29 is 9.64 Å². The Labute approximate surface area is 63.2 Å². The third-order valence-electron chi connectivity index (χ3n) is 2.12. The van der Waals surface area contributed by atoms with Gasteiger partial charge in [0.05, 0.1) is 13.1 Å². The van der Waals surface area contributed by atoms with E-state index in [0.717, 1.165) is 19.7 Å². The van der Waals surface area contributed by atoms with Gasteiger partial charge in [-0.25, -0.2) is 0 Å². The Balaban J connectivity index is 2.31. The number of quaternary nitrogens is 1. The van der Waals surface area contributed by atoms with Crippen molar-refractivity contribution >= 4 is 0 Å². The largest absolute Gasteiger partial charge is 0.465 e. The van der Waals surface area contributed by atoms with Crippen molar-refractivity contribution in [2.75, 3.05) is 19.7 Å². The molecule has 0 aliphatic carbocycles. The molecule has 1 fully saturated rings. The fraction of sp³-hybridized carbons (Fsp3) is 0.875. The first-order valence-electron chi connectivity index (χ1n) is 4.02. The molecule has 1 unspecified atom stereocenters. The molecule has 1 heterocycles. The number of hydrogen-bond acceptors (Lipinski definition) is 1. The van der Waals surface area contributed by atoms with Gasteiger partial charge in [-0.15, -0.1) is 0 Å². The fourth-order valence-corrected chi connectivity index (χ4v) is 1.59. The Kier molecular flexibility index (Phi) is 2.69. The van der Waals surface area contributed by atoms with Crippen molar-refractivity contribution in [2.24, 2.45) is 5.92 Å². The van der Waals surface area contributed by atoms with Crippen LogP contribution in [0.15, 0.2) is 0 Å². The van der Waals surface area contributed by atoms with Gasteiger partial charge in [0.2, 0.25) is 0 Å². The Morgan fingerprint density at radius 3 is 2.70 bits per heavy atom. The Morgan fingerprint density at radius 2 is 2.30 bits per heavy atom. The van der Waals surface area contributed by atoms with Crippen molar-refractivity contribution in [2.45, 2.75) is 20.0 Å². The second kappa shape index (κ2) is 3.35. The molecule has 0 saturated carbocycles. The number of hydrogen-bond donors (Lipinski definition) is 1. The van der Waals surface area contributed by atoms with Crippen molar-refractivity contribution in [1.29, 1.82) is 0 Å².